The number of aryl methyl sites for hydroxylation is 1. The van der Waals surface area contributed by atoms with E-state index in [0.29, 0.717) is 30.1 Å². The summed E-state index contributed by atoms with van der Waals surface area (Å²) in [4.78, 5) is 28.8. The standard InChI is InChI=1S/C25H21F2N3O2S/c1-16-4-2-5-17(12-16)15-29-22-9-8-19(27)14-21(22)25(23(29)31)30(10-11-33-25)24(32)28-20-7-3-6-18(26)13-20/h2-9,12-14H,10-11,15H2,1H3,(H,28,32). The van der Waals surface area contributed by atoms with Crippen LogP contribution in [0.5, 0.6) is 0 Å². The SMILES string of the molecule is Cc1cccc(CN2C(=O)C3(SCCN3C(=O)Nc3cccc(F)c3)c3cc(F)ccc32)c1. The predicted molar refractivity (Wildman–Crippen MR) is 125 cm³/mol. The van der Waals surface area contributed by atoms with Crippen LogP contribution in [0.3, 0.4) is 0 Å². The Hall–Kier alpha value is -3.39. The van der Waals surface area contributed by atoms with Crippen LogP contribution in [0.2, 0.25) is 0 Å². The summed E-state index contributed by atoms with van der Waals surface area (Å²) < 4.78 is 28.0. The monoisotopic (exact) mass is 465 g/mol. The quantitative estimate of drug-likeness (QED) is 0.575. The Morgan fingerprint density at radius 1 is 1.06 bits per heavy atom. The highest BCUT2D eigenvalue weighted by molar-refractivity contribution is 8.01. The van der Waals surface area contributed by atoms with Crippen molar-refractivity contribution in [2.45, 2.75) is 18.3 Å². The van der Waals surface area contributed by atoms with Gasteiger partial charge in [-0.1, -0.05) is 35.9 Å². The second-order valence-corrected chi connectivity index (χ2v) is 9.41. The molecule has 1 atom stereocenters. The van der Waals surface area contributed by atoms with Crippen LogP contribution in [0, 0.1) is 18.6 Å². The number of amides is 3. The van der Waals surface area contributed by atoms with Crippen molar-refractivity contribution < 1.29 is 18.4 Å². The molecule has 3 aromatic carbocycles. The number of carbonyl (C=O) groups excluding carboxylic acids is 2. The fourth-order valence-corrected chi connectivity index (χ4v) is 5.95. The molecule has 0 bridgehead atoms. The highest BCUT2D eigenvalue weighted by atomic mass is 32.2. The molecule has 0 aliphatic carbocycles. The maximum absolute atomic E-state index is 14.4. The number of fused-ring (bicyclic) bond motifs is 2. The number of carbonyl (C=O) groups is 2. The van der Waals surface area contributed by atoms with Crippen LogP contribution in [-0.4, -0.2) is 29.1 Å². The van der Waals surface area contributed by atoms with E-state index < -0.39 is 22.5 Å². The molecule has 168 valence electrons. The van der Waals surface area contributed by atoms with Gasteiger partial charge in [0.2, 0.25) is 0 Å². The van der Waals surface area contributed by atoms with E-state index in [-0.39, 0.29) is 11.6 Å². The lowest BCUT2D eigenvalue weighted by atomic mass is 10.1. The average Bonchev–Trinajstić information content (AvgIpc) is 3.31. The van der Waals surface area contributed by atoms with E-state index in [4.69, 9.17) is 0 Å². The second kappa shape index (κ2) is 8.19. The first kappa shape index (κ1) is 21.5. The molecule has 1 saturated heterocycles. The lowest BCUT2D eigenvalue weighted by Gasteiger charge is -2.33. The molecule has 0 aromatic heterocycles. The van der Waals surface area contributed by atoms with Crippen LogP contribution in [-0.2, 0) is 16.2 Å². The van der Waals surface area contributed by atoms with Crippen molar-refractivity contribution in [1.82, 2.24) is 4.90 Å². The first-order valence-electron chi connectivity index (χ1n) is 10.5. The van der Waals surface area contributed by atoms with Gasteiger partial charge in [-0.15, -0.1) is 11.8 Å². The zero-order chi connectivity index (χ0) is 23.2. The van der Waals surface area contributed by atoms with E-state index in [0.717, 1.165) is 11.1 Å². The minimum Gasteiger partial charge on any atom is -0.308 e. The topological polar surface area (TPSA) is 52.7 Å². The van der Waals surface area contributed by atoms with Crippen molar-refractivity contribution in [3.63, 3.8) is 0 Å². The van der Waals surface area contributed by atoms with Crippen molar-refractivity contribution in [3.05, 3.63) is 95.1 Å². The molecule has 0 radical (unpaired) electrons. The number of thioether (sulfide) groups is 1. The summed E-state index contributed by atoms with van der Waals surface area (Å²) in [6, 6.07) is 17.1. The third-order valence-electron chi connectivity index (χ3n) is 5.90. The number of anilines is 2. The number of hydrogen-bond acceptors (Lipinski definition) is 3. The number of rotatable bonds is 3. The minimum atomic E-state index is -1.38. The van der Waals surface area contributed by atoms with Crippen molar-refractivity contribution in [1.29, 1.82) is 0 Å². The van der Waals surface area contributed by atoms with Gasteiger partial charge in [-0.05, 0) is 48.9 Å². The van der Waals surface area contributed by atoms with Gasteiger partial charge in [0.05, 0.1) is 12.2 Å². The molecule has 3 amide bonds. The number of halogens is 2. The maximum Gasteiger partial charge on any atom is 0.323 e. The molecule has 5 nitrogen and oxygen atoms in total. The largest absolute Gasteiger partial charge is 0.323 e. The van der Waals surface area contributed by atoms with Gasteiger partial charge in [-0.2, -0.15) is 0 Å². The summed E-state index contributed by atoms with van der Waals surface area (Å²) in [7, 11) is 0. The molecule has 3 aromatic rings. The zero-order valence-corrected chi connectivity index (χ0v) is 18.7. The van der Waals surface area contributed by atoms with E-state index in [9.17, 15) is 18.4 Å². The van der Waals surface area contributed by atoms with Crippen LogP contribution >= 0.6 is 11.8 Å². The van der Waals surface area contributed by atoms with Gasteiger partial charge in [0.1, 0.15) is 11.6 Å². The summed E-state index contributed by atoms with van der Waals surface area (Å²) in [5.41, 5.74) is 3.33. The van der Waals surface area contributed by atoms with E-state index >= 15 is 0 Å². The van der Waals surface area contributed by atoms with Gasteiger partial charge in [-0.25, -0.2) is 13.6 Å². The highest BCUT2D eigenvalue weighted by Crippen LogP contribution is 2.54. The number of hydrogen-bond donors (Lipinski definition) is 1. The summed E-state index contributed by atoms with van der Waals surface area (Å²) >= 11 is 1.31. The molecule has 1 spiro atoms. The molecule has 2 aliphatic heterocycles. The summed E-state index contributed by atoms with van der Waals surface area (Å²) in [6.45, 7) is 2.58. The summed E-state index contributed by atoms with van der Waals surface area (Å²) in [5, 5.41) is 2.68. The first-order valence-corrected chi connectivity index (χ1v) is 11.5. The lowest BCUT2D eigenvalue weighted by Crippen LogP contribution is -2.51. The summed E-state index contributed by atoms with van der Waals surface area (Å²) in [5.74, 6) is -0.735. The van der Waals surface area contributed by atoms with Crippen LogP contribution in [0.25, 0.3) is 0 Å². The molecule has 1 unspecified atom stereocenters. The Bertz CT molecular complexity index is 1270. The highest BCUT2D eigenvalue weighted by Gasteiger charge is 2.59. The van der Waals surface area contributed by atoms with Crippen molar-refractivity contribution >= 4 is 35.1 Å². The maximum atomic E-state index is 14.4. The minimum absolute atomic E-state index is 0.286. The normalized spacial score (nSPS) is 19.3. The Labute approximate surface area is 194 Å². The second-order valence-electron chi connectivity index (χ2n) is 8.13. The fraction of sp³-hybridized carbons (Fsp3) is 0.200. The molecular weight excluding hydrogens is 444 g/mol. The Balaban J connectivity index is 1.54. The summed E-state index contributed by atoms with van der Waals surface area (Å²) in [6.07, 6.45) is 0. The Morgan fingerprint density at radius 2 is 1.85 bits per heavy atom. The van der Waals surface area contributed by atoms with Crippen LogP contribution < -0.4 is 10.2 Å². The molecule has 1 fully saturated rings. The van der Waals surface area contributed by atoms with Crippen LogP contribution in [0.1, 0.15) is 16.7 Å². The lowest BCUT2D eigenvalue weighted by molar-refractivity contribution is -0.123. The van der Waals surface area contributed by atoms with E-state index in [1.807, 2.05) is 31.2 Å². The van der Waals surface area contributed by atoms with Crippen molar-refractivity contribution in [2.75, 3.05) is 22.5 Å². The van der Waals surface area contributed by atoms with E-state index in [1.54, 1.807) is 17.0 Å². The molecule has 1 N–H and O–H groups in total. The molecule has 2 aliphatic rings. The van der Waals surface area contributed by atoms with Gasteiger partial charge >= 0.3 is 6.03 Å². The van der Waals surface area contributed by atoms with E-state index in [2.05, 4.69) is 5.32 Å². The third-order valence-corrected chi connectivity index (χ3v) is 7.32. The average molecular weight is 466 g/mol. The van der Waals surface area contributed by atoms with E-state index in [1.165, 1.54) is 47.0 Å². The molecule has 33 heavy (non-hydrogen) atoms. The number of nitrogens with one attached hydrogen (secondary N) is 1. The molecule has 2 heterocycles. The van der Waals surface area contributed by atoms with Crippen molar-refractivity contribution in [2.24, 2.45) is 0 Å². The smallest absolute Gasteiger partial charge is 0.308 e. The molecule has 8 heteroatoms. The Kier molecular flexibility index (Phi) is 5.32. The number of benzene rings is 3. The van der Waals surface area contributed by atoms with Gasteiger partial charge < -0.3 is 10.2 Å². The fourth-order valence-electron chi connectivity index (χ4n) is 4.49. The van der Waals surface area contributed by atoms with Crippen molar-refractivity contribution in [3.8, 4) is 0 Å². The van der Waals surface area contributed by atoms with Gasteiger partial charge in [0.15, 0.2) is 4.87 Å². The first-order chi connectivity index (χ1) is 15.9. The Morgan fingerprint density at radius 3 is 2.64 bits per heavy atom. The zero-order valence-electron chi connectivity index (χ0n) is 17.8. The molecule has 5 rings (SSSR count). The van der Waals surface area contributed by atoms with Gasteiger partial charge in [0.25, 0.3) is 5.91 Å². The molecular formula is C25H21F2N3O2S. The number of urea groups is 1. The van der Waals surface area contributed by atoms with Gasteiger partial charge in [0, 0.05) is 23.5 Å². The van der Waals surface area contributed by atoms with Crippen LogP contribution in [0.15, 0.2) is 66.7 Å². The third kappa shape index (κ3) is 3.64. The van der Waals surface area contributed by atoms with Gasteiger partial charge in [-0.3, -0.25) is 9.69 Å². The number of nitrogens with zero attached hydrogens (tertiary/aromatic N) is 2. The molecule has 0 saturated carbocycles. The predicted octanol–water partition coefficient (Wildman–Crippen LogP) is 5.25. The van der Waals surface area contributed by atoms with Crippen LogP contribution in [0.4, 0.5) is 25.0 Å².